The van der Waals surface area contributed by atoms with Crippen molar-refractivity contribution < 1.29 is 23.0 Å². The van der Waals surface area contributed by atoms with E-state index < -0.39 is 17.3 Å². The van der Waals surface area contributed by atoms with Gasteiger partial charge in [0, 0.05) is 19.2 Å². The van der Waals surface area contributed by atoms with E-state index in [4.69, 9.17) is 4.74 Å². The van der Waals surface area contributed by atoms with Crippen LogP contribution in [0.2, 0.25) is 0 Å². The van der Waals surface area contributed by atoms with Crippen LogP contribution in [0.4, 0.5) is 24.5 Å². The lowest BCUT2D eigenvalue weighted by Gasteiger charge is -2.24. The molecule has 0 aliphatic carbocycles. The summed E-state index contributed by atoms with van der Waals surface area (Å²) in [5, 5.41) is 10.0. The van der Waals surface area contributed by atoms with E-state index >= 15 is 0 Å². The van der Waals surface area contributed by atoms with Crippen LogP contribution >= 0.6 is 0 Å². The Hall–Kier alpha value is -2.41. The molecule has 7 heteroatoms. The largest absolute Gasteiger partial charge is 0.496 e. The molecule has 1 N–H and O–H groups in total. The molecule has 0 saturated carbocycles. The molecule has 0 saturated heterocycles. The highest BCUT2D eigenvalue weighted by atomic mass is 19.4. The minimum absolute atomic E-state index is 0.184. The van der Waals surface area contributed by atoms with Gasteiger partial charge < -0.3 is 19.6 Å². The van der Waals surface area contributed by atoms with Gasteiger partial charge in [0.25, 0.3) is 0 Å². The van der Waals surface area contributed by atoms with Crippen molar-refractivity contribution in [2.24, 2.45) is 0 Å². The Morgan fingerprint density at radius 2 is 1.79 bits per heavy atom. The minimum atomic E-state index is -4.42. The van der Waals surface area contributed by atoms with Gasteiger partial charge >= 0.3 is 6.18 Å². The summed E-state index contributed by atoms with van der Waals surface area (Å²) in [6.45, 7) is 4.92. The highest BCUT2D eigenvalue weighted by Gasteiger charge is 2.32. The van der Waals surface area contributed by atoms with Crippen molar-refractivity contribution >= 4 is 11.4 Å². The molecule has 1 aliphatic heterocycles. The third kappa shape index (κ3) is 4.19. The topological polar surface area (TPSA) is 35.9 Å². The Balaban J connectivity index is 1.97. The Labute approximate surface area is 163 Å². The molecule has 0 aromatic heterocycles. The normalized spacial score (nSPS) is 14.4. The van der Waals surface area contributed by atoms with E-state index in [0.717, 1.165) is 29.1 Å². The van der Waals surface area contributed by atoms with E-state index in [0.29, 0.717) is 25.2 Å². The lowest BCUT2D eigenvalue weighted by atomic mass is 10.0. The van der Waals surface area contributed by atoms with Gasteiger partial charge in [-0.2, -0.15) is 13.2 Å². The molecule has 0 fully saturated rings. The van der Waals surface area contributed by atoms with Crippen molar-refractivity contribution in [1.82, 2.24) is 0 Å². The zero-order valence-corrected chi connectivity index (χ0v) is 16.5. The molecule has 0 bridgehead atoms. The number of aliphatic hydroxyl groups is 1. The summed E-state index contributed by atoms with van der Waals surface area (Å²) >= 11 is 0. The van der Waals surface area contributed by atoms with Crippen LogP contribution < -0.4 is 14.5 Å². The molecule has 3 rings (SSSR count). The van der Waals surface area contributed by atoms with Gasteiger partial charge in [-0.15, -0.1) is 0 Å². The lowest BCUT2D eigenvalue weighted by molar-refractivity contribution is -0.137. The fraction of sp³-hybridized carbons (Fsp3) is 0.429. The van der Waals surface area contributed by atoms with Crippen molar-refractivity contribution in [3.63, 3.8) is 0 Å². The van der Waals surface area contributed by atoms with Crippen molar-refractivity contribution in [2.45, 2.75) is 32.0 Å². The van der Waals surface area contributed by atoms with Crippen LogP contribution in [-0.2, 0) is 6.18 Å². The number of alkyl halides is 3. The van der Waals surface area contributed by atoms with Gasteiger partial charge in [-0.25, -0.2) is 0 Å². The monoisotopic (exact) mass is 394 g/mol. The Kier molecular flexibility index (Phi) is 5.23. The predicted octanol–water partition coefficient (Wildman–Crippen LogP) is 4.76. The first-order valence-corrected chi connectivity index (χ1v) is 9.08. The summed E-state index contributed by atoms with van der Waals surface area (Å²) in [6.07, 6.45) is -3.81. The van der Waals surface area contributed by atoms with Gasteiger partial charge in [0.05, 0.1) is 36.3 Å². The Morgan fingerprint density at radius 3 is 2.39 bits per heavy atom. The average molecular weight is 394 g/mol. The Morgan fingerprint density at radius 1 is 1.07 bits per heavy atom. The first-order chi connectivity index (χ1) is 13.0. The second-order valence-corrected chi connectivity index (χ2v) is 7.78. The molecule has 152 valence electrons. The molecule has 0 spiro atoms. The predicted molar refractivity (Wildman–Crippen MR) is 105 cm³/mol. The highest BCUT2D eigenvalue weighted by molar-refractivity contribution is 5.83. The van der Waals surface area contributed by atoms with E-state index in [2.05, 4.69) is 9.80 Å². The molecular formula is C21H25F3N2O2. The lowest BCUT2D eigenvalue weighted by Crippen LogP contribution is -2.33. The van der Waals surface area contributed by atoms with Crippen LogP contribution in [0.3, 0.4) is 0 Å². The zero-order valence-electron chi connectivity index (χ0n) is 16.5. The maximum atomic E-state index is 13.0. The summed E-state index contributed by atoms with van der Waals surface area (Å²) < 4.78 is 44.3. The van der Waals surface area contributed by atoms with E-state index in [1.807, 2.05) is 25.2 Å². The van der Waals surface area contributed by atoms with Crippen LogP contribution in [-0.4, -0.2) is 38.1 Å². The molecular weight excluding hydrogens is 369 g/mol. The van der Waals surface area contributed by atoms with Crippen LogP contribution in [0, 0.1) is 0 Å². The van der Waals surface area contributed by atoms with E-state index in [1.165, 1.54) is 13.2 Å². The first-order valence-electron chi connectivity index (χ1n) is 9.08. The van der Waals surface area contributed by atoms with Gasteiger partial charge in [0.2, 0.25) is 0 Å². The summed E-state index contributed by atoms with van der Waals surface area (Å²) in [4.78, 5) is 4.26. The summed E-state index contributed by atoms with van der Waals surface area (Å²) in [5.41, 5.74) is 1.93. The summed E-state index contributed by atoms with van der Waals surface area (Å²) in [7, 11) is 3.36. The van der Waals surface area contributed by atoms with Crippen molar-refractivity contribution in [2.75, 3.05) is 37.2 Å². The molecule has 0 amide bonds. The molecule has 1 heterocycles. The standard InChI is InChI=1S/C21H25F3N2O2/c1-20(2,27)9-10-26-13-25(3)17-8-5-14(11-18(17)26)16-7-6-15(21(22,23)24)12-19(16)28-4/h5-8,11-12,27H,9-10,13H2,1-4H3. The van der Waals surface area contributed by atoms with Gasteiger partial charge in [-0.05, 0) is 50.1 Å². The first kappa shape index (κ1) is 20.3. The quantitative estimate of drug-likeness (QED) is 0.794. The maximum Gasteiger partial charge on any atom is 0.416 e. The molecule has 1 aliphatic rings. The molecule has 2 aromatic carbocycles. The average Bonchev–Trinajstić information content (AvgIpc) is 2.93. The number of benzene rings is 2. The summed E-state index contributed by atoms with van der Waals surface area (Å²) in [5.74, 6) is 0.184. The van der Waals surface area contributed by atoms with E-state index in [1.54, 1.807) is 13.8 Å². The van der Waals surface area contributed by atoms with Crippen LogP contribution in [0.5, 0.6) is 5.75 Å². The zero-order chi connectivity index (χ0) is 20.7. The SMILES string of the molecule is COc1cc(C(F)(F)F)ccc1-c1ccc2c(c1)N(CCC(C)(C)O)CN2C. The number of rotatable bonds is 5. The number of ether oxygens (including phenoxy) is 1. The van der Waals surface area contributed by atoms with E-state index in [9.17, 15) is 18.3 Å². The maximum absolute atomic E-state index is 13.0. The smallest absolute Gasteiger partial charge is 0.416 e. The number of hydrogen-bond acceptors (Lipinski definition) is 4. The molecule has 0 atom stereocenters. The number of hydrogen-bond donors (Lipinski definition) is 1. The van der Waals surface area contributed by atoms with Gasteiger partial charge in [0.15, 0.2) is 0 Å². The van der Waals surface area contributed by atoms with Crippen LogP contribution in [0.25, 0.3) is 11.1 Å². The number of nitrogens with zero attached hydrogens (tertiary/aromatic N) is 2. The number of halogens is 3. The molecule has 0 radical (unpaired) electrons. The molecule has 4 nitrogen and oxygen atoms in total. The van der Waals surface area contributed by atoms with Crippen molar-refractivity contribution in [1.29, 1.82) is 0 Å². The third-order valence-corrected chi connectivity index (χ3v) is 4.94. The molecule has 28 heavy (non-hydrogen) atoms. The number of anilines is 2. The molecule has 2 aromatic rings. The van der Waals surface area contributed by atoms with Crippen LogP contribution in [0.1, 0.15) is 25.8 Å². The van der Waals surface area contributed by atoms with Crippen LogP contribution in [0.15, 0.2) is 36.4 Å². The highest BCUT2D eigenvalue weighted by Crippen LogP contribution is 2.42. The van der Waals surface area contributed by atoms with Gasteiger partial charge in [0.1, 0.15) is 5.75 Å². The van der Waals surface area contributed by atoms with E-state index in [-0.39, 0.29) is 5.75 Å². The second kappa shape index (κ2) is 7.20. The van der Waals surface area contributed by atoms with Crippen molar-refractivity contribution in [3.8, 4) is 16.9 Å². The van der Waals surface area contributed by atoms with Crippen molar-refractivity contribution in [3.05, 3.63) is 42.0 Å². The van der Waals surface area contributed by atoms with Gasteiger partial charge in [-0.3, -0.25) is 0 Å². The molecule has 0 unspecified atom stereocenters. The fourth-order valence-corrected chi connectivity index (χ4v) is 3.38. The number of methoxy groups -OCH3 is 1. The second-order valence-electron chi connectivity index (χ2n) is 7.78. The Bertz CT molecular complexity index is 860. The summed E-state index contributed by atoms with van der Waals surface area (Å²) in [6, 6.07) is 9.37. The fourth-order valence-electron chi connectivity index (χ4n) is 3.38. The minimum Gasteiger partial charge on any atom is -0.496 e. The third-order valence-electron chi connectivity index (χ3n) is 4.94. The van der Waals surface area contributed by atoms with Gasteiger partial charge in [-0.1, -0.05) is 12.1 Å². The number of fused-ring (bicyclic) bond motifs is 1.